The number of amides is 2. The van der Waals surface area contributed by atoms with Crippen LogP contribution in [0.5, 0.6) is 0 Å². The number of carbonyl (C=O) groups excluding carboxylic acids is 2. The lowest BCUT2D eigenvalue weighted by molar-refractivity contribution is -0.117. The fourth-order valence-electron chi connectivity index (χ4n) is 3.33. The maximum Gasteiger partial charge on any atom is 0.255 e. The molecule has 1 unspecified atom stereocenters. The number of anilines is 1. The maximum atomic E-state index is 13.3. The number of rotatable bonds is 5. The zero-order valence-corrected chi connectivity index (χ0v) is 15.2. The smallest absolute Gasteiger partial charge is 0.255 e. The summed E-state index contributed by atoms with van der Waals surface area (Å²) in [4.78, 5) is 28.2. The molecular formula is C21H17FN2O2S. The molecule has 0 saturated heterocycles. The number of hydrogen-bond donors (Lipinski definition) is 1. The van der Waals surface area contributed by atoms with E-state index in [-0.39, 0.29) is 24.3 Å². The maximum absolute atomic E-state index is 13.3. The van der Waals surface area contributed by atoms with E-state index in [0.717, 1.165) is 10.4 Å². The average molecular weight is 380 g/mol. The van der Waals surface area contributed by atoms with Crippen LogP contribution < -0.4 is 5.32 Å². The van der Waals surface area contributed by atoms with Crippen LogP contribution in [-0.2, 0) is 11.3 Å². The van der Waals surface area contributed by atoms with Gasteiger partial charge in [-0.15, -0.1) is 11.3 Å². The van der Waals surface area contributed by atoms with Gasteiger partial charge in [0.2, 0.25) is 5.91 Å². The molecule has 0 saturated carbocycles. The fourth-order valence-corrected chi connectivity index (χ4v) is 4.17. The molecule has 136 valence electrons. The van der Waals surface area contributed by atoms with Crippen molar-refractivity contribution >= 4 is 28.8 Å². The molecule has 6 heteroatoms. The Labute approximate surface area is 160 Å². The summed E-state index contributed by atoms with van der Waals surface area (Å²) in [6, 6.07) is 16.8. The molecule has 1 N–H and O–H groups in total. The predicted molar refractivity (Wildman–Crippen MR) is 103 cm³/mol. The van der Waals surface area contributed by atoms with Crippen molar-refractivity contribution in [2.75, 3.05) is 5.32 Å². The van der Waals surface area contributed by atoms with Crippen molar-refractivity contribution in [3.63, 3.8) is 0 Å². The fraction of sp³-hybridized carbons (Fsp3) is 0.143. The summed E-state index contributed by atoms with van der Waals surface area (Å²) < 4.78 is 13.3. The molecule has 4 rings (SSSR count). The van der Waals surface area contributed by atoms with Gasteiger partial charge < -0.3 is 10.2 Å². The Morgan fingerprint density at radius 3 is 2.74 bits per heavy atom. The monoisotopic (exact) mass is 380 g/mol. The lowest BCUT2D eigenvalue weighted by Crippen LogP contribution is -2.31. The molecule has 27 heavy (non-hydrogen) atoms. The first-order valence-electron chi connectivity index (χ1n) is 8.59. The lowest BCUT2D eigenvalue weighted by atomic mass is 10.1. The molecule has 1 aliphatic heterocycles. The molecule has 2 amide bonds. The Balaban J connectivity index is 1.56. The zero-order chi connectivity index (χ0) is 18.8. The number of nitrogens with zero attached hydrogens (tertiary/aromatic N) is 1. The van der Waals surface area contributed by atoms with Gasteiger partial charge in [0.1, 0.15) is 5.82 Å². The highest BCUT2D eigenvalue weighted by Crippen LogP contribution is 2.35. The summed E-state index contributed by atoms with van der Waals surface area (Å²) in [5.41, 5.74) is 2.06. The molecule has 0 radical (unpaired) electrons. The van der Waals surface area contributed by atoms with E-state index in [2.05, 4.69) is 5.32 Å². The van der Waals surface area contributed by atoms with Crippen LogP contribution in [0.15, 0.2) is 66.0 Å². The molecule has 3 aromatic rings. The number of fused-ring (bicyclic) bond motifs is 1. The van der Waals surface area contributed by atoms with Gasteiger partial charge in [-0.05, 0) is 41.3 Å². The van der Waals surface area contributed by atoms with Crippen molar-refractivity contribution in [1.29, 1.82) is 0 Å². The van der Waals surface area contributed by atoms with Crippen molar-refractivity contribution in [3.05, 3.63) is 87.9 Å². The normalized spacial score (nSPS) is 14.1. The highest BCUT2D eigenvalue weighted by Gasteiger charge is 2.34. The van der Waals surface area contributed by atoms with E-state index in [1.54, 1.807) is 17.0 Å². The number of halogens is 1. The minimum Gasteiger partial charge on any atom is -0.326 e. The Bertz CT molecular complexity index is 987. The predicted octanol–water partition coefficient (Wildman–Crippen LogP) is 4.61. The molecule has 0 spiro atoms. The Morgan fingerprint density at radius 2 is 2.00 bits per heavy atom. The van der Waals surface area contributed by atoms with Crippen LogP contribution in [0.25, 0.3) is 0 Å². The SMILES string of the molecule is O=C(CC(c1cccs1)N1Cc2ccccc2C1=O)Nc1cccc(F)c1. The standard InChI is InChI=1S/C21H17FN2O2S/c22-15-6-3-7-16(11-15)23-20(25)12-18(19-9-4-10-27-19)24-13-14-5-1-2-8-17(14)21(24)26/h1-11,18H,12-13H2,(H,23,25). The topological polar surface area (TPSA) is 49.4 Å². The molecule has 2 aromatic carbocycles. The molecule has 1 atom stereocenters. The minimum atomic E-state index is -0.409. The number of benzene rings is 2. The van der Waals surface area contributed by atoms with Gasteiger partial charge in [-0.1, -0.05) is 30.3 Å². The van der Waals surface area contributed by atoms with E-state index in [4.69, 9.17) is 0 Å². The highest BCUT2D eigenvalue weighted by molar-refractivity contribution is 7.10. The molecule has 2 heterocycles. The van der Waals surface area contributed by atoms with Crippen molar-refractivity contribution in [2.45, 2.75) is 19.0 Å². The van der Waals surface area contributed by atoms with E-state index < -0.39 is 5.82 Å². The second-order valence-electron chi connectivity index (χ2n) is 6.38. The molecule has 1 aliphatic rings. The van der Waals surface area contributed by atoms with E-state index in [1.807, 2.05) is 41.8 Å². The van der Waals surface area contributed by atoms with Gasteiger partial charge in [0.05, 0.1) is 12.5 Å². The second-order valence-corrected chi connectivity index (χ2v) is 7.36. The summed E-state index contributed by atoms with van der Waals surface area (Å²) in [6.07, 6.45) is 0.108. The average Bonchev–Trinajstić information content (AvgIpc) is 3.29. The quantitative estimate of drug-likeness (QED) is 0.703. The molecule has 0 fully saturated rings. The van der Waals surface area contributed by atoms with Crippen LogP contribution in [0.3, 0.4) is 0 Å². The van der Waals surface area contributed by atoms with Gasteiger partial charge in [-0.2, -0.15) is 0 Å². The summed E-state index contributed by atoms with van der Waals surface area (Å²) in [5.74, 6) is -0.738. The summed E-state index contributed by atoms with van der Waals surface area (Å²) in [7, 11) is 0. The summed E-state index contributed by atoms with van der Waals surface area (Å²) in [5, 5.41) is 4.65. The van der Waals surface area contributed by atoms with Crippen LogP contribution in [-0.4, -0.2) is 16.7 Å². The highest BCUT2D eigenvalue weighted by atomic mass is 32.1. The Hall–Kier alpha value is -2.99. The van der Waals surface area contributed by atoms with Crippen LogP contribution in [0.4, 0.5) is 10.1 Å². The molecular weight excluding hydrogens is 363 g/mol. The Kier molecular flexibility index (Phi) is 4.73. The zero-order valence-electron chi connectivity index (χ0n) is 14.4. The third kappa shape index (κ3) is 3.61. The van der Waals surface area contributed by atoms with Crippen LogP contribution in [0.1, 0.15) is 33.3 Å². The summed E-state index contributed by atoms with van der Waals surface area (Å²) in [6.45, 7) is 0.477. The molecule has 1 aromatic heterocycles. The van der Waals surface area contributed by atoms with E-state index in [1.165, 1.54) is 23.5 Å². The van der Waals surface area contributed by atoms with Crippen LogP contribution in [0.2, 0.25) is 0 Å². The van der Waals surface area contributed by atoms with Crippen molar-refractivity contribution in [3.8, 4) is 0 Å². The third-order valence-corrected chi connectivity index (χ3v) is 5.56. The van der Waals surface area contributed by atoms with Gasteiger partial charge in [-0.3, -0.25) is 9.59 Å². The molecule has 0 aliphatic carbocycles. The molecule has 0 bridgehead atoms. The largest absolute Gasteiger partial charge is 0.326 e. The number of carbonyl (C=O) groups is 2. The van der Waals surface area contributed by atoms with Gasteiger partial charge >= 0.3 is 0 Å². The minimum absolute atomic E-state index is 0.0671. The van der Waals surface area contributed by atoms with Crippen LogP contribution in [0, 0.1) is 5.82 Å². The van der Waals surface area contributed by atoms with Gasteiger partial charge in [0, 0.05) is 22.7 Å². The first-order chi connectivity index (χ1) is 13.1. The first-order valence-corrected chi connectivity index (χ1v) is 9.47. The van der Waals surface area contributed by atoms with E-state index in [9.17, 15) is 14.0 Å². The number of hydrogen-bond acceptors (Lipinski definition) is 3. The van der Waals surface area contributed by atoms with Gasteiger partial charge in [-0.25, -0.2) is 4.39 Å². The van der Waals surface area contributed by atoms with E-state index in [0.29, 0.717) is 17.8 Å². The van der Waals surface area contributed by atoms with Gasteiger partial charge in [0.15, 0.2) is 0 Å². The van der Waals surface area contributed by atoms with Crippen molar-refractivity contribution < 1.29 is 14.0 Å². The number of thiophene rings is 1. The third-order valence-electron chi connectivity index (χ3n) is 4.58. The van der Waals surface area contributed by atoms with Crippen molar-refractivity contribution in [1.82, 2.24) is 4.90 Å². The first kappa shape index (κ1) is 17.4. The van der Waals surface area contributed by atoms with Crippen molar-refractivity contribution in [2.24, 2.45) is 0 Å². The van der Waals surface area contributed by atoms with Gasteiger partial charge in [0.25, 0.3) is 5.91 Å². The Morgan fingerprint density at radius 1 is 1.15 bits per heavy atom. The van der Waals surface area contributed by atoms with E-state index >= 15 is 0 Å². The summed E-state index contributed by atoms with van der Waals surface area (Å²) >= 11 is 1.52. The second kappa shape index (κ2) is 7.32. The molecule has 4 nitrogen and oxygen atoms in total. The van der Waals surface area contributed by atoms with Crippen LogP contribution >= 0.6 is 11.3 Å². The number of nitrogens with one attached hydrogen (secondary N) is 1. The lowest BCUT2D eigenvalue weighted by Gasteiger charge is -2.26.